The van der Waals surface area contributed by atoms with E-state index >= 15 is 0 Å². The van der Waals surface area contributed by atoms with E-state index in [1.54, 1.807) is 25.1 Å². The van der Waals surface area contributed by atoms with Gasteiger partial charge in [-0.15, -0.1) is 0 Å². The predicted octanol–water partition coefficient (Wildman–Crippen LogP) is 3.39. The van der Waals surface area contributed by atoms with Gasteiger partial charge in [-0.2, -0.15) is 0 Å². The molecule has 8 heteroatoms. The summed E-state index contributed by atoms with van der Waals surface area (Å²) < 4.78 is 16.4. The van der Waals surface area contributed by atoms with Crippen LogP contribution >= 0.6 is 0 Å². The molecule has 1 atom stereocenters. The number of amides is 2. The van der Waals surface area contributed by atoms with E-state index in [1.807, 2.05) is 32.0 Å². The Kier molecular flexibility index (Phi) is 7.35. The second-order valence-electron chi connectivity index (χ2n) is 7.95. The molecular weight excluding hydrogens is 412 g/mol. The standard InChI is InChI=1S/C24H28N2O6/c1-14(2)22(17-8-9-19-20(12-17)31-11-10-30-19)26-21(28)13-32-24(29)18-7-5-6-15(3)23(18)25-16(4)27/h5-9,12,14,22H,10-11,13H2,1-4H3,(H,25,27)(H,26,28)/t22-/m0/s1. The molecule has 2 aromatic rings. The van der Waals surface area contributed by atoms with Crippen LogP contribution in [-0.2, 0) is 14.3 Å². The highest BCUT2D eigenvalue weighted by Gasteiger charge is 2.23. The van der Waals surface area contributed by atoms with Crippen molar-refractivity contribution in [3.8, 4) is 11.5 Å². The average Bonchev–Trinajstić information content (AvgIpc) is 2.76. The Morgan fingerprint density at radius 3 is 2.47 bits per heavy atom. The molecule has 0 aromatic heterocycles. The van der Waals surface area contributed by atoms with Crippen LogP contribution in [0.2, 0.25) is 0 Å². The number of carbonyl (C=O) groups excluding carboxylic acids is 3. The van der Waals surface area contributed by atoms with Gasteiger partial charge in [-0.3, -0.25) is 9.59 Å². The smallest absolute Gasteiger partial charge is 0.340 e. The van der Waals surface area contributed by atoms with Gasteiger partial charge in [-0.25, -0.2) is 4.79 Å². The first kappa shape index (κ1) is 23.1. The van der Waals surface area contributed by atoms with Crippen LogP contribution in [0.1, 0.15) is 48.3 Å². The van der Waals surface area contributed by atoms with Gasteiger partial charge in [-0.1, -0.05) is 32.0 Å². The fourth-order valence-electron chi connectivity index (χ4n) is 3.49. The van der Waals surface area contributed by atoms with E-state index in [4.69, 9.17) is 14.2 Å². The topological polar surface area (TPSA) is 103 Å². The molecule has 2 aromatic carbocycles. The van der Waals surface area contributed by atoms with Crippen LogP contribution in [0.4, 0.5) is 5.69 Å². The Labute approximate surface area is 187 Å². The third-order valence-corrected chi connectivity index (χ3v) is 5.04. The normalized spacial score (nSPS) is 13.3. The van der Waals surface area contributed by atoms with Gasteiger partial charge in [0.25, 0.3) is 5.91 Å². The van der Waals surface area contributed by atoms with E-state index in [0.29, 0.717) is 30.4 Å². The van der Waals surface area contributed by atoms with Crippen molar-refractivity contribution in [1.82, 2.24) is 5.32 Å². The van der Waals surface area contributed by atoms with Gasteiger partial charge in [0.05, 0.1) is 17.3 Å². The Balaban J connectivity index is 1.66. The lowest BCUT2D eigenvalue weighted by atomic mass is 9.95. The SMILES string of the molecule is CC(=O)Nc1c(C)cccc1C(=O)OCC(=O)N[C@H](c1ccc2c(c1)OCCO2)C(C)C. The van der Waals surface area contributed by atoms with Crippen molar-refractivity contribution >= 4 is 23.5 Å². The van der Waals surface area contributed by atoms with Crippen LogP contribution in [-0.4, -0.2) is 37.6 Å². The average molecular weight is 440 g/mol. The summed E-state index contributed by atoms with van der Waals surface area (Å²) in [5.41, 5.74) is 2.16. The highest BCUT2D eigenvalue weighted by Crippen LogP contribution is 2.34. The maximum atomic E-state index is 12.6. The lowest BCUT2D eigenvalue weighted by Crippen LogP contribution is -2.35. The molecule has 0 fully saturated rings. The van der Waals surface area contributed by atoms with Gasteiger partial charge in [0, 0.05) is 6.92 Å². The number of para-hydroxylation sites is 1. The number of anilines is 1. The molecule has 8 nitrogen and oxygen atoms in total. The van der Waals surface area contributed by atoms with Crippen molar-refractivity contribution in [2.45, 2.75) is 33.7 Å². The number of rotatable bonds is 7. The number of aryl methyl sites for hydroxylation is 1. The number of hydrogen-bond acceptors (Lipinski definition) is 6. The fraction of sp³-hybridized carbons (Fsp3) is 0.375. The first-order valence-electron chi connectivity index (χ1n) is 10.5. The molecule has 0 saturated carbocycles. The zero-order valence-electron chi connectivity index (χ0n) is 18.7. The lowest BCUT2D eigenvalue weighted by Gasteiger charge is -2.25. The molecule has 1 aliphatic heterocycles. The fourth-order valence-corrected chi connectivity index (χ4v) is 3.49. The molecule has 170 valence electrons. The maximum absolute atomic E-state index is 12.6. The van der Waals surface area contributed by atoms with Gasteiger partial charge < -0.3 is 24.8 Å². The summed E-state index contributed by atoms with van der Waals surface area (Å²) in [6.45, 7) is 7.64. The molecule has 0 spiro atoms. The first-order chi connectivity index (χ1) is 15.3. The zero-order valence-corrected chi connectivity index (χ0v) is 18.7. The summed E-state index contributed by atoms with van der Waals surface area (Å²) in [6, 6.07) is 10.3. The molecule has 0 bridgehead atoms. The molecule has 0 unspecified atom stereocenters. The highest BCUT2D eigenvalue weighted by molar-refractivity contribution is 6.02. The number of carbonyl (C=O) groups is 3. The van der Waals surface area contributed by atoms with Gasteiger partial charge in [0.15, 0.2) is 18.1 Å². The Bertz CT molecular complexity index is 1020. The lowest BCUT2D eigenvalue weighted by molar-refractivity contribution is -0.125. The molecule has 2 N–H and O–H groups in total. The van der Waals surface area contributed by atoms with Crippen LogP contribution < -0.4 is 20.1 Å². The molecule has 0 radical (unpaired) electrons. The van der Waals surface area contributed by atoms with Crippen LogP contribution in [0, 0.1) is 12.8 Å². The summed E-state index contributed by atoms with van der Waals surface area (Å²) in [6.07, 6.45) is 0. The van der Waals surface area contributed by atoms with Crippen molar-refractivity contribution < 1.29 is 28.6 Å². The van der Waals surface area contributed by atoms with Crippen molar-refractivity contribution in [2.24, 2.45) is 5.92 Å². The van der Waals surface area contributed by atoms with E-state index in [2.05, 4.69) is 10.6 Å². The first-order valence-corrected chi connectivity index (χ1v) is 10.5. The van der Waals surface area contributed by atoms with E-state index in [1.165, 1.54) is 6.92 Å². The molecular formula is C24H28N2O6. The van der Waals surface area contributed by atoms with Gasteiger partial charge in [-0.05, 0) is 42.2 Å². The van der Waals surface area contributed by atoms with Crippen molar-refractivity contribution in [3.05, 3.63) is 53.1 Å². The summed E-state index contributed by atoms with van der Waals surface area (Å²) in [5.74, 6) is -0.0136. The second kappa shape index (κ2) is 10.2. The third kappa shape index (κ3) is 5.57. The van der Waals surface area contributed by atoms with Crippen molar-refractivity contribution in [2.75, 3.05) is 25.1 Å². The van der Waals surface area contributed by atoms with Crippen LogP contribution in [0.3, 0.4) is 0 Å². The van der Waals surface area contributed by atoms with Crippen LogP contribution in [0.25, 0.3) is 0 Å². The highest BCUT2D eigenvalue weighted by atomic mass is 16.6. The van der Waals surface area contributed by atoms with Crippen molar-refractivity contribution in [3.63, 3.8) is 0 Å². The molecule has 0 saturated heterocycles. The van der Waals surface area contributed by atoms with E-state index in [0.717, 1.165) is 11.1 Å². The number of hydrogen-bond donors (Lipinski definition) is 2. The van der Waals surface area contributed by atoms with E-state index < -0.39 is 18.5 Å². The number of ether oxygens (including phenoxy) is 3. The summed E-state index contributed by atoms with van der Waals surface area (Å²) in [4.78, 5) is 36.6. The molecule has 1 heterocycles. The molecule has 2 amide bonds. The molecule has 1 aliphatic rings. The molecule has 0 aliphatic carbocycles. The molecule has 3 rings (SSSR count). The Morgan fingerprint density at radius 1 is 1.06 bits per heavy atom. The second-order valence-corrected chi connectivity index (χ2v) is 7.95. The van der Waals surface area contributed by atoms with Crippen molar-refractivity contribution in [1.29, 1.82) is 0 Å². The van der Waals surface area contributed by atoms with Crippen LogP contribution in [0.15, 0.2) is 36.4 Å². The quantitative estimate of drug-likeness (QED) is 0.640. The number of benzene rings is 2. The monoisotopic (exact) mass is 440 g/mol. The Morgan fingerprint density at radius 2 is 1.78 bits per heavy atom. The van der Waals surface area contributed by atoms with Gasteiger partial charge in [0.2, 0.25) is 5.91 Å². The minimum Gasteiger partial charge on any atom is -0.486 e. The zero-order chi connectivity index (χ0) is 23.3. The van der Waals surface area contributed by atoms with Gasteiger partial charge >= 0.3 is 5.97 Å². The maximum Gasteiger partial charge on any atom is 0.340 e. The largest absolute Gasteiger partial charge is 0.486 e. The number of nitrogens with one attached hydrogen (secondary N) is 2. The summed E-state index contributed by atoms with van der Waals surface area (Å²) >= 11 is 0. The predicted molar refractivity (Wildman–Crippen MR) is 119 cm³/mol. The minimum absolute atomic E-state index is 0.0837. The summed E-state index contributed by atoms with van der Waals surface area (Å²) in [5, 5.41) is 5.56. The van der Waals surface area contributed by atoms with E-state index in [-0.39, 0.29) is 23.4 Å². The number of fused-ring (bicyclic) bond motifs is 1. The summed E-state index contributed by atoms with van der Waals surface area (Å²) in [7, 11) is 0. The van der Waals surface area contributed by atoms with Gasteiger partial charge in [0.1, 0.15) is 13.2 Å². The van der Waals surface area contributed by atoms with E-state index in [9.17, 15) is 14.4 Å². The third-order valence-electron chi connectivity index (χ3n) is 5.04. The minimum atomic E-state index is -0.687. The van der Waals surface area contributed by atoms with Crippen LogP contribution in [0.5, 0.6) is 11.5 Å². The number of esters is 1. The molecule has 32 heavy (non-hydrogen) atoms. The Hall–Kier alpha value is -3.55.